The van der Waals surface area contributed by atoms with Gasteiger partial charge < -0.3 is 18.3 Å². The van der Waals surface area contributed by atoms with E-state index in [1.54, 1.807) is 0 Å². The monoisotopic (exact) mass is 1350 g/mol. The first kappa shape index (κ1) is 61.8. The van der Waals surface area contributed by atoms with Crippen LogP contribution in [0.4, 0.5) is 0 Å². The van der Waals surface area contributed by atoms with E-state index >= 15 is 0 Å². The highest BCUT2D eigenvalue weighted by Crippen LogP contribution is 2.44. The minimum atomic E-state index is 1.14. The van der Waals surface area contributed by atoms with Crippen LogP contribution in [-0.2, 0) is 0 Å². The smallest absolute Gasteiger partial charge is 0.0547 e. The number of fused-ring (bicyclic) bond motifs is 12. The van der Waals surface area contributed by atoms with Crippen LogP contribution in [-0.4, -0.2) is 18.3 Å². The molecule has 0 aliphatic carbocycles. The molecule has 0 amide bonds. The lowest BCUT2D eigenvalue weighted by atomic mass is 9.94. The Labute approximate surface area is 614 Å². The third-order valence-electron chi connectivity index (χ3n) is 21.4. The Morgan fingerprint density at radius 3 is 0.745 bits per heavy atom. The third-order valence-corrected chi connectivity index (χ3v) is 21.4. The Morgan fingerprint density at radius 1 is 0.113 bits per heavy atom. The number of aromatic nitrogens is 4. The van der Waals surface area contributed by atoms with Crippen molar-refractivity contribution in [3.8, 4) is 101 Å². The van der Waals surface area contributed by atoms with Gasteiger partial charge in [0, 0.05) is 65.8 Å². The molecule has 4 heterocycles. The fourth-order valence-corrected chi connectivity index (χ4v) is 16.5. The van der Waals surface area contributed by atoms with Gasteiger partial charge in [0.15, 0.2) is 0 Å². The van der Waals surface area contributed by atoms with Crippen molar-refractivity contribution in [1.82, 2.24) is 18.3 Å². The Hall–Kier alpha value is -14.1. The molecular formula is C102H68N4. The van der Waals surface area contributed by atoms with Gasteiger partial charge in [-0.2, -0.15) is 0 Å². The van der Waals surface area contributed by atoms with Crippen molar-refractivity contribution in [3.05, 3.63) is 413 Å². The average Bonchev–Trinajstić information content (AvgIpc) is 1.59. The summed E-state index contributed by atoms with van der Waals surface area (Å²) >= 11 is 0. The Bertz CT molecular complexity index is 6920. The second-order valence-corrected chi connectivity index (χ2v) is 27.5. The maximum Gasteiger partial charge on any atom is 0.0547 e. The zero-order valence-electron chi connectivity index (χ0n) is 58.0. The zero-order chi connectivity index (χ0) is 70.0. The molecule has 0 saturated heterocycles. The third kappa shape index (κ3) is 10.8. The molecular weight excluding hydrogens is 1280 g/mol. The highest BCUT2D eigenvalue weighted by Gasteiger charge is 2.21. The largest absolute Gasteiger partial charge is 0.309 e. The standard InChI is InChI=1S/C54H36N2.C48H32N2/c1-4-15-37(16-5-1)40-21-14-22-43(33-40)55-52-26-13-11-24-47(52)50-34-41(28-32-53(50)55)42-27-30-48-46-23-10-12-25-51(46)56(54(48)35-42)44-29-31-45(38-17-6-2-7-18-38)49(36-44)39-19-8-3-9-20-39;1-3-13-33(14-4-1)35-17-11-19-39(29-35)49-46-24-10-8-22-42(46)44-31-37(26-28-47(44)49)38-25-27-43-41-21-7-9-23-45(41)50(48(43)32-38)40-20-12-18-36(30-40)34-15-5-2-6-16-34/h1-36H;1-32H. The summed E-state index contributed by atoms with van der Waals surface area (Å²) in [6.45, 7) is 0. The van der Waals surface area contributed by atoms with E-state index in [9.17, 15) is 0 Å². The SMILES string of the molecule is c1ccc(-c2cccc(-n3c4ccccc4c4cc(-c5ccc6c7ccccc7n(-c7ccc(-c8ccccc8)c(-c8ccccc8)c7)c6c5)ccc43)c2)cc1.c1ccc(-c2cccc(-n3c4ccccc4c4cc(-c5ccc6c7ccccc7n(-c7cccc(-c8ccccc8)c7)c6c5)ccc43)c2)cc1. The Balaban J connectivity index is 0.000000141. The predicted molar refractivity (Wildman–Crippen MR) is 448 cm³/mol. The summed E-state index contributed by atoms with van der Waals surface area (Å²) in [4.78, 5) is 0. The number of para-hydroxylation sites is 4. The first-order valence-corrected chi connectivity index (χ1v) is 36.5. The van der Waals surface area contributed by atoms with Crippen LogP contribution >= 0.6 is 0 Å². The normalized spacial score (nSPS) is 11.6. The molecule has 0 bridgehead atoms. The molecule has 21 rings (SSSR count). The molecule has 0 radical (unpaired) electrons. The summed E-state index contributed by atoms with van der Waals surface area (Å²) in [7, 11) is 0. The van der Waals surface area contributed by atoms with Gasteiger partial charge in [-0.05, 0) is 187 Å². The average molecular weight is 1350 g/mol. The fourth-order valence-electron chi connectivity index (χ4n) is 16.5. The van der Waals surface area contributed by atoms with Crippen molar-refractivity contribution >= 4 is 87.2 Å². The molecule has 4 heteroatoms. The molecule has 0 aliphatic heterocycles. The Morgan fingerprint density at radius 2 is 0.368 bits per heavy atom. The lowest BCUT2D eigenvalue weighted by molar-refractivity contribution is 1.18. The summed E-state index contributed by atoms with van der Waals surface area (Å²) in [5, 5.41) is 10.00. The summed E-state index contributed by atoms with van der Waals surface area (Å²) in [5.74, 6) is 0. The predicted octanol–water partition coefficient (Wildman–Crippen LogP) is 27.4. The van der Waals surface area contributed by atoms with Crippen LogP contribution < -0.4 is 0 Å². The molecule has 0 aliphatic rings. The lowest BCUT2D eigenvalue weighted by Gasteiger charge is -2.15. The first-order chi connectivity index (χ1) is 52.6. The summed E-state index contributed by atoms with van der Waals surface area (Å²) in [5.41, 5.74) is 31.2. The minimum Gasteiger partial charge on any atom is -0.309 e. The van der Waals surface area contributed by atoms with E-state index in [2.05, 4.69) is 431 Å². The highest BCUT2D eigenvalue weighted by atomic mass is 15.0. The number of hydrogen-bond donors (Lipinski definition) is 0. The van der Waals surface area contributed by atoms with Crippen molar-refractivity contribution in [3.63, 3.8) is 0 Å². The molecule has 4 nitrogen and oxygen atoms in total. The van der Waals surface area contributed by atoms with Crippen LogP contribution in [0.1, 0.15) is 0 Å². The maximum atomic E-state index is 2.44. The van der Waals surface area contributed by atoms with E-state index in [1.165, 1.54) is 165 Å². The van der Waals surface area contributed by atoms with Gasteiger partial charge in [-0.1, -0.05) is 303 Å². The molecule has 106 heavy (non-hydrogen) atoms. The molecule has 21 aromatic rings. The van der Waals surface area contributed by atoms with Crippen molar-refractivity contribution in [2.45, 2.75) is 0 Å². The molecule has 0 N–H and O–H groups in total. The molecule has 17 aromatic carbocycles. The van der Waals surface area contributed by atoms with Gasteiger partial charge >= 0.3 is 0 Å². The van der Waals surface area contributed by atoms with Gasteiger partial charge in [-0.15, -0.1) is 0 Å². The van der Waals surface area contributed by atoms with Gasteiger partial charge in [0.2, 0.25) is 0 Å². The molecule has 0 atom stereocenters. The van der Waals surface area contributed by atoms with Crippen LogP contribution in [0.25, 0.3) is 188 Å². The maximum absolute atomic E-state index is 2.44. The van der Waals surface area contributed by atoms with Crippen molar-refractivity contribution < 1.29 is 0 Å². The van der Waals surface area contributed by atoms with E-state index in [0.29, 0.717) is 0 Å². The van der Waals surface area contributed by atoms with Crippen LogP contribution in [0, 0.1) is 0 Å². The molecule has 0 unspecified atom stereocenters. The van der Waals surface area contributed by atoms with Crippen LogP contribution in [0.5, 0.6) is 0 Å². The summed E-state index contributed by atoms with van der Waals surface area (Å²) in [6.07, 6.45) is 0. The van der Waals surface area contributed by atoms with E-state index in [4.69, 9.17) is 0 Å². The molecule has 0 saturated carbocycles. The number of nitrogens with zero attached hydrogens (tertiary/aromatic N) is 4. The fraction of sp³-hybridized carbons (Fsp3) is 0. The second-order valence-electron chi connectivity index (χ2n) is 27.5. The quantitative estimate of drug-likeness (QED) is 0.123. The van der Waals surface area contributed by atoms with Gasteiger partial charge in [0.05, 0.1) is 44.1 Å². The van der Waals surface area contributed by atoms with E-state index in [1.807, 2.05) is 0 Å². The van der Waals surface area contributed by atoms with E-state index < -0.39 is 0 Å². The van der Waals surface area contributed by atoms with Crippen molar-refractivity contribution in [1.29, 1.82) is 0 Å². The van der Waals surface area contributed by atoms with Gasteiger partial charge in [-0.3, -0.25) is 0 Å². The first-order valence-electron chi connectivity index (χ1n) is 36.5. The molecule has 0 spiro atoms. The van der Waals surface area contributed by atoms with Crippen LogP contribution in [0.15, 0.2) is 413 Å². The highest BCUT2D eigenvalue weighted by molar-refractivity contribution is 6.15. The number of hydrogen-bond acceptors (Lipinski definition) is 0. The lowest BCUT2D eigenvalue weighted by Crippen LogP contribution is -1.96. The topological polar surface area (TPSA) is 19.7 Å². The molecule has 4 aromatic heterocycles. The van der Waals surface area contributed by atoms with Gasteiger partial charge in [0.1, 0.15) is 0 Å². The molecule has 496 valence electrons. The van der Waals surface area contributed by atoms with Crippen molar-refractivity contribution in [2.24, 2.45) is 0 Å². The number of rotatable bonds is 11. The zero-order valence-corrected chi connectivity index (χ0v) is 58.0. The second kappa shape index (κ2) is 26.1. The van der Waals surface area contributed by atoms with Gasteiger partial charge in [-0.25, -0.2) is 0 Å². The van der Waals surface area contributed by atoms with Crippen molar-refractivity contribution in [2.75, 3.05) is 0 Å². The minimum absolute atomic E-state index is 1.14. The summed E-state index contributed by atoms with van der Waals surface area (Å²) in [6, 6.07) is 150. The van der Waals surface area contributed by atoms with Crippen LogP contribution in [0.3, 0.4) is 0 Å². The number of benzene rings is 17. The van der Waals surface area contributed by atoms with Gasteiger partial charge in [0.25, 0.3) is 0 Å². The molecule has 0 fully saturated rings. The summed E-state index contributed by atoms with van der Waals surface area (Å²) < 4.78 is 9.68. The van der Waals surface area contributed by atoms with Crippen LogP contribution in [0.2, 0.25) is 0 Å². The Kier molecular flexibility index (Phi) is 15.2. The van der Waals surface area contributed by atoms with E-state index in [-0.39, 0.29) is 0 Å². The van der Waals surface area contributed by atoms with E-state index in [0.717, 1.165) is 22.7 Å².